The summed E-state index contributed by atoms with van der Waals surface area (Å²) in [5.74, 6) is 1.40. The Hall–Kier alpha value is -3.98. The van der Waals surface area contributed by atoms with Crippen LogP contribution in [0.2, 0.25) is 0 Å². The van der Waals surface area contributed by atoms with Crippen LogP contribution in [0.1, 0.15) is 15.9 Å². The van der Waals surface area contributed by atoms with Crippen molar-refractivity contribution in [3.05, 3.63) is 77.5 Å². The summed E-state index contributed by atoms with van der Waals surface area (Å²) >= 11 is 0. The van der Waals surface area contributed by atoms with Crippen LogP contribution >= 0.6 is 0 Å². The standard InChI is InChI=1S/C24H20O8S/c1-28-16-7-10-18(11-8-16)33(26,27)32-17-9-12-19-21(14-17)31-22(23(19)25)13-15-5-4-6-20(29-2)24(15)30-3/h4-14H,1-3H3. The van der Waals surface area contributed by atoms with Crippen molar-refractivity contribution in [2.45, 2.75) is 4.90 Å². The fourth-order valence-corrected chi connectivity index (χ4v) is 4.23. The van der Waals surface area contributed by atoms with E-state index in [4.69, 9.17) is 23.1 Å². The zero-order valence-corrected chi connectivity index (χ0v) is 18.8. The lowest BCUT2D eigenvalue weighted by atomic mass is 10.1. The number of para-hydroxylation sites is 1. The molecule has 3 aromatic carbocycles. The molecule has 0 bridgehead atoms. The summed E-state index contributed by atoms with van der Waals surface area (Å²) in [4.78, 5) is 12.8. The Morgan fingerprint density at radius 1 is 0.848 bits per heavy atom. The van der Waals surface area contributed by atoms with Gasteiger partial charge in [-0.1, -0.05) is 12.1 Å². The van der Waals surface area contributed by atoms with Gasteiger partial charge in [0.1, 0.15) is 22.1 Å². The van der Waals surface area contributed by atoms with Crippen molar-refractivity contribution < 1.29 is 36.3 Å². The van der Waals surface area contributed by atoms with E-state index in [1.807, 2.05) is 0 Å². The average molecular weight is 468 g/mol. The van der Waals surface area contributed by atoms with Gasteiger partial charge in [0.25, 0.3) is 0 Å². The molecule has 0 amide bonds. The molecule has 0 saturated heterocycles. The van der Waals surface area contributed by atoms with E-state index in [-0.39, 0.29) is 33.5 Å². The van der Waals surface area contributed by atoms with Gasteiger partial charge in [-0.05, 0) is 48.5 Å². The lowest BCUT2D eigenvalue weighted by Crippen LogP contribution is -2.09. The third-order valence-corrected chi connectivity index (χ3v) is 6.18. The van der Waals surface area contributed by atoms with Crippen LogP contribution in [-0.4, -0.2) is 35.5 Å². The Kier molecular flexibility index (Phi) is 5.97. The summed E-state index contributed by atoms with van der Waals surface area (Å²) in [5.41, 5.74) is 0.879. The van der Waals surface area contributed by atoms with E-state index >= 15 is 0 Å². The topological polar surface area (TPSA) is 97.4 Å². The van der Waals surface area contributed by atoms with Gasteiger partial charge in [-0.15, -0.1) is 0 Å². The number of benzene rings is 3. The largest absolute Gasteiger partial charge is 0.497 e. The van der Waals surface area contributed by atoms with Crippen molar-refractivity contribution in [3.63, 3.8) is 0 Å². The number of hydrogen-bond acceptors (Lipinski definition) is 8. The number of rotatable bonds is 7. The van der Waals surface area contributed by atoms with E-state index in [1.165, 1.54) is 69.9 Å². The molecule has 0 saturated carbocycles. The lowest BCUT2D eigenvalue weighted by molar-refractivity contribution is 0.101. The maximum absolute atomic E-state index is 12.8. The van der Waals surface area contributed by atoms with Crippen LogP contribution in [0.4, 0.5) is 0 Å². The zero-order chi connectivity index (χ0) is 23.6. The molecule has 3 aromatic rings. The Labute approximate surface area is 191 Å². The first-order valence-electron chi connectivity index (χ1n) is 9.74. The van der Waals surface area contributed by atoms with E-state index in [2.05, 4.69) is 0 Å². The van der Waals surface area contributed by atoms with Crippen LogP contribution in [0.25, 0.3) is 6.08 Å². The Morgan fingerprint density at radius 3 is 2.24 bits per heavy atom. The number of Topliss-reactive ketones (excluding diaryl/α,β-unsaturated/α-hetero) is 1. The summed E-state index contributed by atoms with van der Waals surface area (Å²) in [5, 5.41) is 0. The molecule has 0 unspecified atom stereocenters. The van der Waals surface area contributed by atoms with Crippen LogP contribution < -0.4 is 23.1 Å². The highest BCUT2D eigenvalue weighted by Crippen LogP contribution is 2.38. The number of carbonyl (C=O) groups is 1. The van der Waals surface area contributed by atoms with Gasteiger partial charge in [0.15, 0.2) is 17.3 Å². The molecular weight excluding hydrogens is 448 g/mol. The van der Waals surface area contributed by atoms with E-state index < -0.39 is 10.1 Å². The molecule has 170 valence electrons. The number of methoxy groups -OCH3 is 3. The molecule has 0 spiro atoms. The summed E-state index contributed by atoms with van der Waals surface area (Å²) in [6.07, 6.45) is 1.54. The fraction of sp³-hybridized carbons (Fsp3) is 0.125. The Bertz CT molecular complexity index is 1340. The van der Waals surface area contributed by atoms with Crippen LogP contribution in [0.5, 0.6) is 28.7 Å². The third kappa shape index (κ3) is 4.35. The molecule has 33 heavy (non-hydrogen) atoms. The number of ether oxygens (including phenoxy) is 4. The minimum atomic E-state index is -4.09. The minimum Gasteiger partial charge on any atom is -0.497 e. The monoisotopic (exact) mass is 468 g/mol. The van der Waals surface area contributed by atoms with Crippen LogP contribution in [-0.2, 0) is 10.1 Å². The summed E-state index contributed by atoms with van der Waals surface area (Å²) < 4.78 is 51.8. The first-order chi connectivity index (χ1) is 15.9. The van der Waals surface area contributed by atoms with Crippen molar-refractivity contribution in [3.8, 4) is 28.7 Å². The molecular formula is C24H20O8S. The molecule has 0 N–H and O–H groups in total. The number of allylic oxidation sites excluding steroid dienone is 1. The molecule has 0 radical (unpaired) electrons. The predicted molar refractivity (Wildman–Crippen MR) is 120 cm³/mol. The number of carbonyl (C=O) groups excluding carboxylic acids is 1. The van der Waals surface area contributed by atoms with Crippen molar-refractivity contribution in [1.82, 2.24) is 0 Å². The fourth-order valence-electron chi connectivity index (χ4n) is 3.30. The summed E-state index contributed by atoms with van der Waals surface area (Å²) in [7, 11) is 0.412. The quantitative estimate of drug-likeness (QED) is 0.378. The molecule has 1 heterocycles. The van der Waals surface area contributed by atoms with Gasteiger partial charge in [0, 0.05) is 11.6 Å². The lowest BCUT2D eigenvalue weighted by Gasteiger charge is -2.10. The maximum atomic E-state index is 12.8. The predicted octanol–water partition coefficient (Wildman–Crippen LogP) is 4.10. The minimum absolute atomic E-state index is 0.0116. The molecule has 8 nitrogen and oxygen atoms in total. The highest BCUT2D eigenvalue weighted by molar-refractivity contribution is 7.87. The molecule has 0 atom stereocenters. The van der Waals surface area contributed by atoms with Crippen LogP contribution in [0.3, 0.4) is 0 Å². The van der Waals surface area contributed by atoms with E-state index in [9.17, 15) is 13.2 Å². The van der Waals surface area contributed by atoms with Gasteiger partial charge in [-0.3, -0.25) is 4.79 Å². The number of ketones is 1. The summed E-state index contributed by atoms with van der Waals surface area (Å²) in [6, 6.07) is 15.3. The van der Waals surface area contributed by atoms with Gasteiger partial charge < -0.3 is 23.1 Å². The van der Waals surface area contributed by atoms with E-state index in [0.29, 0.717) is 22.8 Å². The first kappa shape index (κ1) is 22.2. The second-order valence-corrected chi connectivity index (χ2v) is 8.44. The van der Waals surface area contributed by atoms with Crippen molar-refractivity contribution in [1.29, 1.82) is 0 Å². The van der Waals surface area contributed by atoms with Gasteiger partial charge in [0.05, 0.1) is 26.9 Å². The van der Waals surface area contributed by atoms with Crippen molar-refractivity contribution >= 4 is 22.0 Å². The molecule has 4 rings (SSSR count). The van der Waals surface area contributed by atoms with Crippen LogP contribution in [0, 0.1) is 0 Å². The maximum Gasteiger partial charge on any atom is 0.339 e. The van der Waals surface area contributed by atoms with Gasteiger partial charge in [0.2, 0.25) is 5.78 Å². The van der Waals surface area contributed by atoms with Crippen molar-refractivity contribution in [2.75, 3.05) is 21.3 Å². The highest BCUT2D eigenvalue weighted by Gasteiger charge is 2.29. The van der Waals surface area contributed by atoms with Gasteiger partial charge in [-0.2, -0.15) is 8.42 Å². The number of hydrogen-bond donors (Lipinski definition) is 0. The van der Waals surface area contributed by atoms with E-state index in [0.717, 1.165) is 0 Å². The van der Waals surface area contributed by atoms with Gasteiger partial charge in [-0.25, -0.2) is 0 Å². The van der Waals surface area contributed by atoms with Crippen molar-refractivity contribution in [2.24, 2.45) is 0 Å². The van der Waals surface area contributed by atoms with Gasteiger partial charge >= 0.3 is 10.1 Å². The SMILES string of the molecule is COc1ccc(S(=O)(=O)Oc2ccc3c(c2)OC(=Cc2cccc(OC)c2OC)C3=O)cc1. The second kappa shape index (κ2) is 8.87. The second-order valence-electron chi connectivity index (χ2n) is 6.89. The molecule has 1 aliphatic rings. The zero-order valence-electron chi connectivity index (χ0n) is 18.0. The molecule has 0 aliphatic carbocycles. The first-order valence-corrected chi connectivity index (χ1v) is 11.1. The number of fused-ring (bicyclic) bond motifs is 1. The molecule has 1 aliphatic heterocycles. The third-order valence-electron chi connectivity index (χ3n) is 4.92. The van der Waals surface area contributed by atoms with Crippen LogP contribution in [0.15, 0.2) is 71.3 Å². The normalized spacial score (nSPS) is 13.9. The molecule has 0 fully saturated rings. The Morgan fingerprint density at radius 2 is 1.58 bits per heavy atom. The molecule has 0 aromatic heterocycles. The Balaban J connectivity index is 1.60. The average Bonchev–Trinajstić information content (AvgIpc) is 3.12. The van der Waals surface area contributed by atoms with E-state index in [1.54, 1.807) is 18.2 Å². The summed E-state index contributed by atoms with van der Waals surface area (Å²) in [6.45, 7) is 0. The smallest absolute Gasteiger partial charge is 0.339 e. The highest BCUT2D eigenvalue weighted by atomic mass is 32.2. The molecule has 9 heteroatoms.